The molecule has 23 heavy (non-hydrogen) atoms. The fraction of sp³-hybridized carbons (Fsp3) is 0.579. The molecule has 1 aromatic carbocycles. The maximum atomic E-state index is 13.0. The van der Waals surface area contributed by atoms with Gasteiger partial charge in [0.05, 0.1) is 15.8 Å². The number of fused-ring (bicyclic) bond motifs is 1. The van der Waals surface area contributed by atoms with Crippen LogP contribution in [-0.4, -0.2) is 22.7 Å². The average Bonchev–Trinajstić information content (AvgIpc) is 2.90. The van der Waals surface area contributed by atoms with Crippen molar-refractivity contribution in [1.82, 2.24) is 0 Å². The summed E-state index contributed by atoms with van der Waals surface area (Å²) in [7, 11) is 0. The molecule has 2 bridgehead atoms. The molecule has 4 rings (SSSR count). The van der Waals surface area contributed by atoms with E-state index < -0.39 is 5.41 Å². The zero-order valence-electron chi connectivity index (χ0n) is 13.0. The number of hydrogen-bond acceptors (Lipinski definition) is 3. The van der Waals surface area contributed by atoms with Crippen LogP contribution >= 0.6 is 15.9 Å². The molecule has 0 N–H and O–H groups in total. The van der Waals surface area contributed by atoms with Crippen LogP contribution in [0.4, 0.5) is 0 Å². The fourth-order valence-corrected chi connectivity index (χ4v) is 6.14. The largest absolute Gasteiger partial charge is 0.458 e. The van der Waals surface area contributed by atoms with Crippen LogP contribution in [0.5, 0.6) is 0 Å². The summed E-state index contributed by atoms with van der Waals surface area (Å²) in [6.07, 6.45) is 5.67. The van der Waals surface area contributed by atoms with Gasteiger partial charge in [0.15, 0.2) is 5.78 Å². The Morgan fingerprint density at radius 3 is 2.74 bits per heavy atom. The van der Waals surface area contributed by atoms with E-state index in [0.29, 0.717) is 17.4 Å². The van der Waals surface area contributed by atoms with Gasteiger partial charge in [0, 0.05) is 0 Å². The van der Waals surface area contributed by atoms with Crippen LogP contribution in [0.1, 0.15) is 48.9 Å². The highest BCUT2D eigenvalue weighted by Crippen LogP contribution is 2.61. The summed E-state index contributed by atoms with van der Waals surface area (Å²) in [5.74, 6) is 0.975. The molecule has 3 aliphatic rings. The van der Waals surface area contributed by atoms with Crippen molar-refractivity contribution in [2.75, 3.05) is 0 Å². The van der Waals surface area contributed by atoms with Crippen LogP contribution in [-0.2, 0) is 9.53 Å². The molecular weight excluding hydrogens is 356 g/mol. The van der Waals surface area contributed by atoms with E-state index in [2.05, 4.69) is 15.9 Å². The lowest BCUT2D eigenvalue weighted by Crippen LogP contribution is -2.53. The molecule has 5 atom stereocenters. The minimum Gasteiger partial charge on any atom is -0.458 e. The van der Waals surface area contributed by atoms with E-state index in [1.54, 1.807) is 12.1 Å². The smallest absolute Gasteiger partial charge is 0.338 e. The third kappa shape index (κ3) is 2.37. The average molecular weight is 377 g/mol. The standard InChI is InChI=1S/C19H21BrO3/c20-15-10-12-9-14-7-4-8-16(19(14,11-12)17(15)21)23-18(22)13-5-2-1-3-6-13/h1-3,5-6,12,14-16H,4,7-11H2/t12-,14+,15-,16+,19+/m1/s1. The topological polar surface area (TPSA) is 43.4 Å². The number of carbonyl (C=O) groups excluding carboxylic acids is 2. The van der Waals surface area contributed by atoms with Gasteiger partial charge in [-0.05, 0) is 62.5 Å². The highest BCUT2D eigenvalue weighted by Gasteiger charge is 2.63. The van der Waals surface area contributed by atoms with Crippen LogP contribution in [0.3, 0.4) is 0 Å². The van der Waals surface area contributed by atoms with E-state index in [0.717, 1.165) is 38.5 Å². The zero-order valence-corrected chi connectivity index (χ0v) is 14.6. The molecule has 3 nitrogen and oxygen atoms in total. The molecule has 4 heteroatoms. The Hall–Kier alpha value is -1.16. The number of ether oxygens (including phenoxy) is 1. The summed E-state index contributed by atoms with van der Waals surface area (Å²) in [6.45, 7) is 0. The summed E-state index contributed by atoms with van der Waals surface area (Å²) in [5.41, 5.74) is 0.138. The fourth-order valence-electron chi connectivity index (χ4n) is 5.18. The second-order valence-electron chi connectivity index (χ2n) is 7.30. The minimum absolute atomic E-state index is 0.0673. The molecule has 0 heterocycles. The molecule has 122 valence electrons. The number of hydrogen-bond donors (Lipinski definition) is 0. The summed E-state index contributed by atoms with van der Waals surface area (Å²) < 4.78 is 5.91. The molecule has 0 radical (unpaired) electrons. The quantitative estimate of drug-likeness (QED) is 0.575. The number of ketones is 1. The Morgan fingerprint density at radius 2 is 1.96 bits per heavy atom. The van der Waals surface area contributed by atoms with Gasteiger partial charge in [0.25, 0.3) is 0 Å². The Kier molecular flexibility index (Phi) is 3.83. The van der Waals surface area contributed by atoms with E-state index in [1.807, 2.05) is 18.2 Å². The van der Waals surface area contributed by atoms with Gasteiger partial charge in [0.1, 0.15) is 6.10 Å². The molecule has 0 amide bonds. The monoisotopic (exact) mass is 376 g/mol. The van der Waals surface area contributed by atoms with Crippen LogP contribution in [0, 0.1) is 17.3 Å². The number of Topliss-reactive ketones (excluding diaryl/α,β-unsaturated/α-hetero) is 1. The number of benzene rings is 1. The normalized spacial score (nSPS) is 38.9. The molecule has 3 saturated carbocycles. The lowest BCUT2D eigenvalue weighted by Gasteiger charge is -2.46. The molecule has 0 aromatic heterocycles. The SMILES string of the molecule is O=C(O[C@H]1CCC[C@H]2C[C@@H]3C[C@@H](Br)C(=O)[C@@]21C3)c1ccccc1. The van der Waals surface area contributed by atoms with Crippen molar-refractivity contribution in [2.45, 2.75) is 49.5 Å². The van der Waals surface area contributed by atoms with E-state index in [1.165, 1.54) is 0 Å². The Morgan fingerprint density at radius 1 is 1.17 bits per heavy atom. The van der Waals surface area contributed by atoms with Crippen LogP contribution in [0.2, 0.25) is 0 Å². The number of rotatable bonds is 2. The maximum absolute atomic E-state index is 13.0. The van der Waals surface area contributed by atoms with Crippen molar-refractivity contribution in [2.24, 2.45) is 17.3 Å². The second-order valence-corrected chi connectivity index (χ2v) is 8.41. The van der Waals surface area contributed by atoms with Crippen molar-refractivity contribution < 1.29 is 14.3 Å². The molecule has 0 saturated heterocycles. The van der Waals surface area contributed by atoms with Gasteiger partial charge >= 0.3 is 5.97 Å². The molecule has 1 spiro atoms. The van der Waals surface area contributed by atoms with Gasteiger partial charge < -0.3 is 4.74 Å². The third-order valence-corrected chi connectivity index (χ3v) is 6.90. The lowest BCUT2D eigenvalue weighted by atomic mass is 9.61. The molecule has 3 fully saturated rings. The van der Waals surface area contributed by atoms with Crippen molar-refractivity contribution in [3.8, 4) is 0 Å². The Labute approximate surface area is 144 Å². The van der Waals surface area contributed by atoms with E-state index in [-0.39, 0.29) is 22.7 Å². The molecule has 0 unspecified atom stereocenters. The van der Waals surface area contributed by atoms with Gasteiger partial charge in [-0.3, -0.25) is 4.79 Å². The predicted octanol–water partition coefficient (Wildman–Crippen LogP) is 4.14. The van der Waals surface area contributed by atoms with Crippen molar-refractivity contribution >= 4 is 27.7 Å². The molecule has 3 aliphatic carbocycles. The van der Waals surface area contributed by atoms with Crippen LogP contribution in [0.15, 0.2) is 30.3 Å². The first-order chi connectivity index (χ1) is 11.1. The van der Waals surface area contributed by atoms with E-state index >= 15 is 0 Å². The van der Waals surface area contributed by atoms with Gasteiger partial charge in [-0.25, -0.2) is 4.79 Å². The van der Waals surface area contributed by atoms with Crippen molar-refractivity contribution in [1.29, 1.82) is 0 Å². The Balaban J connectivity index is 1.63. The first-order valence-electron chi connectivity index (χ1n) is 8.55. The summed E-state index contributed by atoms with van der Waals surface area (Å²) in [6, 6.07) is 9.10. The predicted molar refractivity (Wildman–Crippen MR) is 90.5 cm³/mol. The first-order valence-corrected chi connectivity index (χ1v) is 9.47. The highest BCUT2D eigenvalue weighted by molar-refractivity contribution is 9.10. The number of halogens is 1. The second kappa shape index (κ2) is 5.73. The number of carbonyl (C=O) groups is 2. The van der Waals surface area contributed by atoms with Gasteiger partial charge in [-0.2, -0.15) is 0 Å². The lowest BCUT2D eigenvalue weighted by molar-refractivity contribution is -0.145. The van der Waals surface area contributed by atoms with Crippen LogP contribution < -0.4 is 0 Å². The van der Waals surface area contributed by atoms with Crippen molar-refractivity contribution in [3.63, 3.8) is 0 Å². The maximum Gasteiger partial charge on any atom is 0.338 e. The third-order valence-electron chi connectivity index (χ3n) is 6.11. The van der Waals surface area contributed by atoms with Crippen molar-refractivity contribution in [3.05, 3.63) is 35.9 Å². The zero-order chi connectivity index (χ0) is 16.0. The van der Waals surface area contributed by atoms with E-state index in [9.17, 15) is 9.59 Å². The Bertz CT molecular complexity index is 629. The summed E-state index contributed by atoms with van der Waals surface area (Å²) >= 11 is 3.58. The molecule has 1 aromatic rings. The van der Waals surface area contributed by atoms with Gasteiger partial charge in [-0.15, -0.1) is 0 Å². The van der Waals surface area contributed by atoms with Crippen LogP contribution in [0.25, 0.3) is 0 Å². The number of alkyl halides is 1. The highest BCUT2D eigenvalue weighted by atomic mass is 79.9. The molecule has 0 aliphatic heterocycles. The summed E-state index contributed by atoms with van der Waals surface area (Å²) in [5, 5.41) is 0. The number of esters is 1. The molecular formula is C19H21BrO3. The van der Waals surface area contributed by atoms with Gasteiger partial charge in [0.2, 0.25) is 0 Å². The summed E-state index contributed by atoms with van der Waals surface area (Å²) in [4.78, 5) is 25.5. The van der Waals surface area contributed by atoms with Gasteiger partial charge in [-0.1, -0.05) is 34.1 Å². The minimum atomic E-state index is -0.431. The first kappa shape index (κ1) is 15.4. The van der Waals surface area contributed by atoms with E-state index in [4.69, 9.17) is 4.74 Å².